The van der Waals surface area contributed by atoms with E-state index in [1.54, 1.807) is 11.8 Å². The number of nitrogens with one attached hydrogen (secondary N) is 1. The molecule has 0 bridgehead atoms. The van der Waals surface area contributed by atoms with Crippen molar-refractivity contribution in [1.29, 1.82) is 0 Å². The van der Waals surface area contributed by atoms with E-state index in [-0.39, 0.29) is 5.91 Å². The second-order valence-corrected chi connectivity index (χ2v) is 3.76. The van der Waals surface area contributed by atoms with Gasteiger partial charge in [-0.15, -0.1) is 0 Å². The standard InChI is InChI=1S/C10H18N2O4/c1-8(10(14)15)11-3-2-9(13)12-4-6-16-7-5-12/h8,11H,2-7H2,1H3,(H,14,15). The lowest BCUT2D eigenvalue weighted by molar-refractivity contribution is -0.139. The number of hydrogen-bond donors (Lipinski definition) is 2. The van der Waals surface area contributed by atoms with E-state index in [0.29, 0.717) is 39.3 Å². The molecule has 2 N–H and O–H groups in total. The summed E-state index contributed by atoms with van der Waals surface area (Å²) in [5.74, 6) is -0.854. The Balaban J connectivity index is 2.16. The Morgan fingerprint density at radius 3 is 2.62 bits per heavy atom. The molecule has 1 saturated heterocycles. The topological polar surface area (TPSA) is 78.9 Å². The fourth-order valence-corrected chi connectivity index (χ4v) is 1.45. The zero-order chi connectivity index (χ0) is 12.0. The molecule has 0 radical (unpaired) electrons. The predicted molar refractivity (Wildman–Crippen MR) is 57.1 cm³/mol. The summed E-state index contributed by atoms with van der Waals surface area (Å²) in [7, 11) is 0. The Bertz CT molecular complexity index is 251. The van der Waals surface area contributed by atoms with Gasteiger partial charge in [-0.25, -0.2) is 0 Å². The highest BCUT2D eigenvalue weighted by Gasteiger charge is 2.17. The van der Waals surface area contributed by atoms with Crippen LogP contribution in [0.4, 0.5) is 0 Å². The van der Waals surface area contributed by atoms with E-state index >= 15 is 0 Å². The van der Waals surface area contributed by atoms with Crippen molar-refractivity contribution >= 4 is 11.9 Å². The van der Waals surface area contributed by atoms with Crippen LogP contribution in [0.3, 0.4) is 0 Å². The minimum atomic E-state index is -0.904. The molecule has 0 saturated carbocycles. The minimum absolute atomic E-state index is 0.0494. The van der Waals surface area contributed by atoms with E-state index in [0.717, 1.165) is 0 Å². The predicted octanol–water partition coefficient (Wildman–Crippen LogP) is -0.702. The van der Waals surface area contributed by atoms with E-state index in [1.165, 1.54) is 0 Å². The van der Waals surface area contributed by atoms with Gasteiger partial charge in [-0.2, -0.15) is 0 Å². The number of aliphatic carboxylic acids is 1. The van der Waals surface area contributed by atoms with Crippen molar-refractivity contribution in [2.45, 2.75) is 19.4 Å². The van der Waals surface area contributed by atoms with Crippen LogP contribution in [0.5, 0.6) is 0 Å². The number of carboxylic acids is 1. The second kappa shape index (κ2) is 6.44. The average molecular weight is 230 g/mol. The molecule has 1 aliphatic heterocycles. The lowest BCUT2D eigenvalue weighted by Gasteiger charge is -2.27. The summed E-state index contributed by atoms with van der Waals surface area (Å²) in [6.07, 6.45) is 0.331. The maximum Gasteiger partial charge on any atom is 0.320 e. The highest BCUT2D eigenvalue weighted by atomic mass is 16.5. The number of carbonyl (C=O) groups excluding carboxylic acids is 1. The summed E-state index contributed by atoms with van der Waals surface area (Å²) in [5, 5.41) is 11.4. The van der Waals surface area contributed by atoms with Gasteiger partial charge in [0.15, 0.2) is 0 Å². The van der Waals surface area contributed by atoms with Crippen molar-refractivity contribution in [1.82, 2.24) is 10.2 Å². The molecule has 0 aromatic carbocycles. The summed E-state index contributed by atoms with van der Waals surface area (Å²) in [4.78, 5) is 23.9. The number of carbonyl (C=O) groups is 2. The van der Waals surface area contributed by atoms with E-state index in [1.807, 2.05) is 0 Å². The monoisotopic (exact) mass is 230 g/mol. The summed E-state index contributed by atoms with van der Waals surface area (Å²) < 4.78 is 5.14. The van der Waals surface area contributed by atoms with Crippen LogP contribution >= 0.6 is 0 Å². The van der Waals surface area contributed by atoms with Gasteiger partial charge in [0.05, 0.1) is 13.2 Å². The summed E-state index contributed by atoms with van der Waals surface area (Å²) in [6, 6.07) is -0.613. The zero-order valence-corrected chi connectivity index (χ0v) is 9.44. The first-order chi connectivity index (χ1) is 7.61. The SMILES string of the molecule is CC(NCCC(=O)N1CCOCC1)C(=O)O. The van der Waals surface area contributed by atoms with E-state index < -0.39 is 12.0 Å². The molecule has 16 heavy (non-hydrogen) atoms. The molecule has 1 amide bonds. The highest BCUT2D eigenvalue weighted by Crippen LogP contribution is 1.99. The molecule has 0 spiro atoms. The Labute approximate surface area is 94.6 Å². The maximum atomic E-state index is 11.6. The van der Waals surface area contributed by atoms with Gasteiger partial charge in [-0.1, -0.05) is 0 Å². The number of carboxylic acid groups (broad SMARTS) is 1. The van der Waals surface area contributed by atoms with Crippen molar-refractivity contribution < 1.29 is 19.4 Å². The van der Waals surface area contributed by atoms with Crippen LogP contribution in [-0.4, -0.2) is 60.8 Å². The van der Waals surface area contributed by atoms with E-state index in [4.69, 9.17) is 9.84 Å². The Morgan fingerprint density at radius 2 is 2.06 bits per heavy atom. The van der Waals surface area contributed by atoms with Crippen molar-refractivity contribution in [2.24, 2.45) is 0 Å². The molecule has 92 valence electrons. The minimum Gasteiger partial charge on any atom is -0.480 e. The van der Waals surface area contributed by atoms with E-state index in [2.05, 4.69) is 5.32 Å². The van der Waals surface area contributed by atoms with Crippen LogP contribution in [0, 0.1) is 0 Å². The van der Waals surface area contributed by atoms with Crippen molar-refractivity contribution in [3.63, 3.8) is 0 Å². The van der Waals surface area contributed by atoms with Crippen molar-refractivity contribution in [2.75, 3.05) is 32.8 Å². The van der Waals surface area contributed by atoms with Crippen LogP contribution < -0.4 is 5.32 Å². The van der Waals surface area contributed by atoms with Crippen molar-refractivity contribution in [3.05, 3.63) is 0 Å². The van der Waals surface area contributed by atoms with Gasteiger partial charge in [0.25, 0.3) is 0 Å². The maximum absolute atomic E-state index is 11.6. The molecule has 1 heterocycles. The van der Waals surface area contributed by atoms with Gasteiger partial charge < -0.3 is 20.1 Å². The molecular weight excluding hydrogens is 212 g/mol. The number of hydrogen-bond acceptors (Lipinski definition) is 4. The second-order valence-electron chi connectivity index (χ2n) is 3.76. The lowest BCUT2D eigenvalue weighted by Crippen LogP contribution is -2.42. The molecular formula is C10H18N2O4. The fraction of sp³-hybridized carbons (Fsp3) is 0.800. The number of nitrogens with zero attached hydrogens (tertiary/aromatic N) is 1. The molecule has 6 nitrogen and oxygen atoms in total. The number of amides is 1. The smallest absolute Gasteiger partial charge is 0.320 e. The van der Waals surface area contributed by atoms with Crippen LogP contribution in [-0.2, 0) is 14.3 Å². The summed E-state index contributed by atoms with van der Waals surface area (Å²) in [6.45, 7) is 4.39. The summed E-state index contributed by atoms with van der Waals surface area (Å²) >= 11 is 0. The van der Waals surface area contributed by atoms with Crippen LogP contribution in [0.15, 0.2) is 0 Å². The molecule has 1 rings (SSSR count). The molecule has 0 aromatic heterocycles. The largest absolute Gasteiger partial charge is 0.480 e. The quantitative estimate of drug-likeness (QED) is 0.653. The normalized spacial score (nSPS) is 18.2. The van der Waals surface area contributed by atoms with Gasteiger partial charge >= 0.3 is 5.97 Å². The molecule has 1 fully saturated rings. The fourth-order valence-electron chi connectivity index (χ4n) is 1.45. The van der Waals surface area contributed by atoms with Gasteiger partial charge in [0.1, 0.15) is 6.04 Å². The Morgan fingerprint density at radius 1 is 1.44 bits per heavy atom. The lowest BCUT2D eigenvalue weighted by atomic mass is 10.3. The molecule has 0 aliphatic carbocycles. The third-order valence-corrected chi connectivity index (χ3v) is 2.52. The third kappa shape index (κ3) is 4.16. The molecule has 0 aromatic rings. The average Bonchev–Trinajstić information content (AvgIpc) is 2.29. The first kappa shape index (κ1) is 12.9. The molecule has 6 heteroatoms. The van der Waals surface area contributed by atoms with Gasteiger partial charge in [0.2, 0.25) is 5.91 Å². The van der Waals surface area contributed by atoms with Crippen LogP contribution in [0.1, 0.15) is 13.3 Å². The molecule has 1 atom stereocenters. The van der Waals surface area contributed by atoms with Gasteiger partial charge in [-0.3, -0.25) is 9.59 Å². The van der Waals surface area contributed by atoms with Gasteiger partial charge in [-0.05, 0) is 6.92 Å². The van der Waals surface area contributed by atoms with Crippen LogP contribution in [0.2, 0.25) is 0 Å². The van der Waals surface area contributed by atoms with E-state index in [9.17, 15) is 9.59 Å². The van der Waals surface area contributed by atoms with Crippen molar-refractivity contribution in [3.8, 4) is 0 Å². The van der Waals surface area contributed by atoms with Crippen LogP contribution in [0.25, 0.3) is 0 Å². The first-order valence-corrected chi connectivity index (χ1v) is 5.43. The summed E-state index contributed by atoms with van der Waals surface area (Å²) in [5.41, 5.74) is 0. The molecule has 1 aliphatic rings. The Hall–Kier alpha value is -1.14. The number of rotatable bonds is 5. The van der Waals surface area contributed by atoms with Gasteiger partial charge in [0, 0.05) is 26.1 Å². The number of morpholine rings is 1. The third-order valence-electron chi connectivity index (χ3n) is 2.52. The highest BCUT2D eigenvalue weighted by molar-refractivity contribution is 5.76. The Kier molecular flexibility index (Phi) is 5.21. The first-order valence-electron chi connectivity index (χ1n) is 5.43. The zero-order valence-electron chi connectivity index (χ0n) is 9.44. The number of ether oxygens (including phenoxy) is 1. The molecule has 1 unspecified atom stereocenters.